The second kappa shape index (κ2) is 6.80. The first-order chi connectivity index (χ1) is 7.25. The van der Waals surface area contributed by atoms with Crippen LogP contribution >= 0.6 is 0 Å². The maximum Gasteiger partial charge on any atom is 0.320 e. The largest absolute Gasteiger partial charge is 0.480 e. The highest BCUT2D eigenvalue weighted by Gasteiger charge is 2.28. The average molecular weight is 215 g/mol. The van der Waals surface area contributed by atoms with Gasteiger partial charge in [0.05, 0.1) is 6.61 Å². The van der Waals surface area contributed by atoms with Gasteiger partial charge in [-0.15, -0.1) is 0 Å². The van der Waals surface area contributed by atoms with E-state index in [1.807, 2.05) is 0 Å². The molecule has 4 heteroatoms. The number of hydrogen-bond acceptors (Lipinski definition) is 3. The Kier molecular flexibility index (Phi) is 5.65. The van der Waals surface area contributed by atoms with Crippen molar-refractivity contribution >= 4 is 5.97 Å². The highest BCUT2D eigenvalue weighted by atomic mass is 16.5. The quantitative estimate of drug-likeness (QED) is 0.655. The minimum Gasteiger partial charge on any atom is -0.480 e. The first-order valence-electron chi connectivity index (χ1n) is 5.71. The molecule has 0 heterocycles. The van der Waals surface area contributed by atoms with E-state index < -0.39 is 5.97 Å². The van der Waals surface area contributed by atoms with Crippen LogP contribution in [-0.2, 0) is 9.53 Å². The van der Waals surface area contributed by atoms with Crippen molar-refractivity contribution in [2.45, 2.75) is 38.1 Å². The zero-order valence-electron chi connectivity index (χ0n) is 9.37. The van der Waals surface area contributed by atoms with Gasteiger partial charge in [-0.05, 0) is 18.8 Å². The molecule has 88 valence electrons. The molecule has 1 rings (SSSR count). The van der Waals surface area contributed by atoms with Crippen molar-refractivity contribution in [2.24, 2.45) is 5.92 Å². The van der Waals surface area contributed by atoms with E-state index in [9.17, 15) is 4.79 Å². The summed E-state index contributed by atoms with van der Waals surface area (Å²) in [4.78, 5) is 11.1. The van der Waals surface area contributed by atoms with Gasteiger partial charge in [-0.1, -0.05) is 19.3 Å². The lowest BCUT2D eigenvalue weighted by Gasteiger charge is -2.28. The molecular weight excluding hydrogens is 194 g/mol. The summed E-state index contributed by atoms with van der Waals surface area (Å²) in [6.45, 7) is 1.18. The summed E-state index contributed by atoms with van der Waals surface area (Å²) in [5.41, 5.74) is 0. The maximum absolute atomic E-state index is 11.1. The Labute approximate surface area is 91.0 Å². The number of carboxylic acid groups (broad SMARTS) is 1. The fraction of sp³-hybridized carbons (Fsp3) is 0.909. The Morgan fingerprint density at radius 2 is 2.13 bits per heavy atom. The predicted octanol–water partition coefficient (Wildman–Crippen LogP) is 1.26. The SMILES string of the molecule is COCCNC(C(=O)O)C1CCCCC1. The van der Waals surface area contributed by atoms with E-state index in [1.54, 1.807) is 7.11 Å². The lowest BCUT2D eigenvalue weighted by Crippen LogP contribution is -2.44. The van der Waals surface area contributed by atoms with Crippen molar-refractivity contribution in [3.8, 4) is 0 Å². The first-order valence-corrected chi connectivity index (χ1v) is 5.71. The highest BCUT2D eigenvalue weighted by molar-refractivity contribution is 5.73. The van der Waals surface area contributed by atoms with Crippen LogP contribution in [0.5, 0.6) is 0 Å². The van der Waals surface area contributed by atoms with Crippen LogP contribution in [0, 0.1) is 5.92 Å². The Bertz CT molecular complexity index is 190. The van der Waals surface area contributed by atoms with Crippen LogP contribution in [-0.4, -0.2) is 37.4 Å². The molecule has 1 aliphatic carbocycles. The average Bonchev–Trinajstić information content (AvgIpc) is 2.25. The van der Waals surface area contributed by atoms with Crippen LogP contribution in [0.25, 0.3) is 0 Å². The van der Waals surface area contributed by atoms with E-state index in [0.717, 1.165) is 12.8 Å². The van der Waals surface area contributed by atoms with Gasteiger partial charge in [-0.2, -0.15) is 0 Å². The third kappa shape index (κ3) is 4.18. The molecule has 15 heavy (non-hydrogen) atoms. The molecule has 1 aliphatic rings. The normalized spacial score (nSPS) is 20.1. The Hall–Kier alpha value is -0.610. The molecule has 0 saturated heterocycles. The smallest absolute Gasteiger partial charge is 0.320 e. The van der Waals surface area contributed by atoms with Crippen LogP contribution in [0.15, 0.2) is 0 Å². The molecule has 2 N–H and O–H groups in total. The van der Waals surface area contributed by atoms with Gasteiger partial charge in [-0.25, -0.2) is 0 Å². The highest BCUT2D eigenvalue weighted by Crippen LogP contribution is 2.26. The monoisotopic (exact) mass is 215 g/mol. The van der Waals surface area contributed by atoms with Gasteiger partial charge in [0.2, 0.25) is 0 Å². The van der Waals surface area contributed by atoms with Crippen molar-refractivity contribution in [3.63, 3.8) is 0 Å². The van der Waals surface area contributed by atoms with Crippen LogP contribution in [0.1, 0.15) is 32.1 Å². The van der Waals surface area contributed by atoms with Gasteiger partial charge in [0.15, 0.2) is 0 Å². The van der Waals surface area contributed by atoms with Crippen LogP contribution < -0.4 is 5.32 Å². The molecule has 1 atom stereocenters. The molecule has 0 radical (unpaired) electrons. The lowest BCUT2D eigenvalue weighted by atomic mass is 9.84. The van der Waals surface area contributed by atoms with Gasteiger partial charge in [0.25, 0.3) is 0 Å². The molecular formula is C11H21NO3. The Morgan fingerprint density at radius 3 is 2.67 bits per heavy atom. The van der Waals surface area contributed by atoms with Crippen molar-refractivity contribution in [2.75, 3.05) is 20.3 Å². The molecule has 0 bridgehead atoms. The maximum atomic E-state index is 11.1. The van der Waals surface area contributed by atoms with E-state index in [2.05, 4.69) is 5.32 Å². The summed E-state index contributed by atoms with van der Waals surface area (Å²) in [7, 11) is 1.62. The second-order valence-electron chi connectivity index (χ2n) is 4.16. The number of nitrogens with one attached hydrogen (secondary N) is 1. The second-order valence-corrected chi connectivity index (χ2v) is 4.16. The molecule has 0 aromatic rings. The summed E-state index contributed by atoms with van der Waals surface area (Å²) in [6, 6.07) is -0.388. The molecule has 1 saturated carbocycles. The van der Waals surface area contributed by atoms with Crippen LogP contribution in [0.4, 0.5) is 0 Å². The van der Waals surface area contributed by atoms with Crippen LogP contribution in [0.3, 0.4) is 0 Å². The molecule has 0 aromatic carbocycles. The van der Waals surface area contributed by atoms with E-state index in [1.165, 1.54) is 19.3 Å². The first kappa shape index (κ1) is 12.5. The molecule has 1 unspecified atom stereocenters. The minimum atomic E-state index is -0.724. The van der Waals surface area contributed by atoms with Gasteiger partial charge < -0.3 is 15.2 Å². The Morgan fingerprint density at radius 1 is 1.47 bits per heavy atom. The molecule has 0 spiro atoms. The number of aliphatic carboxylic acids is 1. The summed E-state index contributed by atoms with van der Waals surface area (Å²) >= 11 is 0. The molecule has 4 nitrogen and oxygen atoms in total. The van der Waals surface area contributed by atoms with Crippen LogP contribution in [0.2, 0.25) is 0 Å². The van der Waals surface area contributed by atoms with Gasteiger partial charge in [0, 0.05) is 13.7 Å². The summed E-state index contributed by atoms with van der Waals surface area (Å²) in [6.07, 6.45) is 5.66. The number of ether oxygens (including phenoxy) is 1. The minimum absolute atomic E-state index is 0.299. The zero-order chi connectivity index (χ0) is 11.1. The number of carboxylic acids is 1. The van der Waals surface area contributed by atoms with E-state index in [-0.39, 0.29) is 6.04 Å². The Balaban J connectivity index is 2.37. The topological polar surface area (TPSA) is 58.6 Å². The molecule has 0 aliphatic heterocycles. The number of carbonyl (C=O) groups is 1. The van der Waals surface area contributed by atoms with E-state index in [4.69, 9.17) is 9.84 Å². The molecule has 0 aromatic heterocycles. The third-order valence-corrected chi connectivity index (χ3v) is 3.06. The standard InChI is InChI=1S/C11H21NO3/c1-15-8-7-12-10(11(13)14)9-5-3-2-4-6-9/h9-10,12H,2-8H2,1H3,(H,13,14). The van der Waals surface area contributed by atoms with Crippen molar-refractivity contribution < 1.29 is 14.6 Å². The molecule has 1 fully saturated rings. The van der Waals surface area contributed by atoms with Crippen molar-refractivity contribution in [1.82, 2.24) is 5.32 Å². The van der Waals surface area contributed by atoms with E-state index in [0.29, 0.717) is 19.1 Å². The number of rotatable bonds is 6. The van der Waals surface area contributed by atoms with Crippen molar-refractivity contribution in [3.05, 3.63) is 0 Å². The lowest BCUT2D eigenvalue weighted by molar-refractivity contribution is -0.141. The van der Waals surface area contributed by atoms with Gasteiger partial charge >= 0.3 is 5.97 Å². The third-order valence-electron chi connectivity index (χ3n) is 3.06. The zero-order valence-corrected chi connectivity index (χ0v) is 9.37. The summed E-state index contributed by atoms with van der Waals surface area (Å²) in [5.74, 6) is -0.425. The fourth-order valence-electron chi connectivity index (χ4n) is 2.24. The predicted molar refractivity (Wildman–Crippen MR) is 57.9 cm³/mol. The summed E-state index contributed by atoms with van der Waals surface area (Å²) < 4.78 is 4.90. The van der Waals surface area contributed by atoms with Crippen molar-refractivity contribution in [1.29, 1.82) is 0 Å². The molecule has 0 amide bonds. The van der Waals surface area contributed by atoms with Gasteiger partial charge in [0.1, 0.15) is 6.04 Å². The summed E-state index contributed by atoms with van der Waals surface area (Å²) in [5, 5.41) is 12.2. The fourth-order valence-corrected chi connectivity index (χ4v) is 2.24. The van der Waals surface area contributed by atoms with Gasteiger partial charge in [-0.3, -0.25) is 4.79 Å². The number of hydrogen-bond donors (Lipinski definition) is 2. The number of methoxy groups -OCH3 is 1. The van der Waals surface area contributed by atoms with E-state index >= 15 is 0 Å².